The van der Waals surface area contributed by atoms with Crippen LogP contribution in [-0.4, -0.2) is 17.0 Å². The van der Waals surface area contributed by atoms with Crippen LogP contribution in [-0.2, 0) is 9.59 Å². The van der Waals surface area contributed by atoms with Gasteiger partial charge in [0, 0.05) is 0 Å². The van der Waals surface area contributed by atoms with E-state index in [0.29, 0.717) is 5.92 Å². The number of benzene rings is 1. The molecule has 1 amide bonds. The van der Waals surface area contributed by atoms with Crippen molar-refractivity contribution in [3.05, 3.63) is 35.9 Å². The molecule has 0 saturated carbocycles. The fourth-order valence-corrected chi connectivity index (χ4v) is 2.28. The maximum Gasteiger partial charge on any atom is 0.315 e. The number of hydrogen-bond donors (Lipinski definition) is 2. The van der Waals surface area contributed by atoms with Gasteiger partial charge < -0.3 is 10.4 Å². The van der Waals surface area contributed by atoms with E-state index in [1.807, 2.05) is 30.3 Å². The van der Waals surface area contributed by atoms with Gasteiger partial charge in [-0.05, 0) is 18.4 Å². The van der Waals surface area contributed by atoms with Gasteiger partial charge in [-0.15, -0.1) is 0 Å². The first kappa shape index (κ1) is 16.2. The van der Waals surface area contributed by atoms with Crippen LogP contribution >= 0.6 is 0 Å². The highest BCUT2D eigenvalue weighted by Gasteiger charge is 2.27. The standard InChI is InChI=1S/C16H23NO3/c1-4-12(5-2)14(13-9-7-6-8-10-13)17-15(18)11(3)16(19)20/h6-12,14H,4-5H2,1-3H3,(H,17,18)(H,19,20). The predicted molar refractivity (Wildman–Crippen MR) is 78.2 cm³/mol. The Kier molecular flexibility index (Phi) is 6.22. The lowest BCUT2D eigenvalue weighted by Crippen LogP contribution is -2.39. The first-order chi connectivity index (χ1) is 9.51. The molecule has 1 rings (SSSR count). The Labute approximate surface area is 120 Å². The average Bonchev–Trinajstić information content (AvgIpc) is 2.47. The third-order valence-corrected chi connectivity index (χ3v) is 3.74. The Hall–Kier alpha value is -1.84. The molecule has 0 bridgehead atoms. The first-order valence-corrected chi connectivity index (χ1v) is 7.09. The highest BCUT2D eigenvalue weighted by atomic mass is 16.4. The van der Waals surface area contributed by atoms with Crippen molar-refractivity contribution in [2.75, 3.05) is 0 Å². The number of carboxylic acid groups (broad SMARTS) is 1. The summed E-state index contributed by atoms with van der Waals surface area (Å²) >= 11 is 0. The smallest absolute Gasteiger partial charge is 0.315 e. The van der Waals surface area contributed by atoms with E-state index in [1.54, 1.807) is 0 Å². The minimum absolute atomic E-state index is 0.138. The molecular weight excluding hydrogens is 254 g/mol. The summed E-state index contributed by atoms with van der Waals surface area (Å²) < 4.78 is 0. The Balaban J connectivity index is 2.95. The highest BCUT2D eigenvalue weighted by molar-refractivity contribution is 5.96. The maximum absolute atomic E-state index is 12.0. The minimum Gasteiger partial charge on any atom is -0.481 e. The molecular formula is C16H23NO3. The molecule has 0 aliphatic heterocycles. The van der Waals surface area contributed by atoms with Gasteiger partial charge in [0.25, 0.3) is 0 Å². The summed E-state index contributed by atoms with van der Waals surface area (Å²) in [5.74, 6) is -2.27. The van der Waals surface area contributed by atoms with Crippen molar-refractivity contribution in [2.45, 2.75) is 39.7 Å². The molecule has 0 spiro atoms. The van der Waals surface area contributed by atoms with E-state index in [-0.39, 0.29) is 6.04 Å². The Bertz CT molecular complexity index is 440. The van der Waals surface area contributed by atoms with Crippen LogP contribution in [0.3, 0.4) is 0 Å². The molecule has 2 N–H and O–H groups in total. The van der Waals surface area contributed by atoms with Crippen molar-refractivity contribution >= 4 is 11.9 Å². The molecule has 0 fully saturated rings. The van der Waals surface area contributed by atoms with Crippen molar-refractivity contribution in [1.29, 1.82) is 0 Å². The summed E-state index contributed by atoms with van der Waals surface area (Å²) in [5.41, 5.74) is 1.02. The molecule has 0 heterocycles. The van der Waals surface area contributed by atoms with Crippen LogP contribution < -0.4 is 5.32 Å². The average molecular weight is 277 g/mol. The zero-order valence-corrected chi connectivity index (χ0v) is 12.3. The van der Waals surface area contributed by atoms with Crippen molar-refractivity contribution in [3.63, 3.8) is 0 Å². The van der Waals surface area contributed by atoms with E-state index in [2.05, 4.69) is 19.2 Å². The molecule has 1 aromatic rings. The zero-order valence-electron chi connectivity index (χ0n) is 12.3. The number of rotatable bonds is 7. The van der Waals surface area contributed by atoms with Crippen LogP contribution in [0.25, 0.3) is 0 Å². The summed E-state index contributed by atoms with van der Waals surface area (Å²) in [6.45, 7) is 5.57. The number of amides is 1. The number of hydrogen-bond acceptors (Lipinski definition) is 2. The SMILES string of the molecule is CCC(CC)C(NC(=O)C(C)C(=O)O)c1ccccc1. The van der Waals surface area contributed by atoms with Crippen LogP contribution in [0.5, 0.6) is 0 Å². The van der Waals surface area contributed by atoms with Gasteiger partial charge in [-0.25, -0.2) is 0 Å². The van der Waals surface area contributed by atoms with Crippen molar-refractivity contribution in [1.82, 2.24) is 5.32 Å². The van der Waals surface area contributed by atoms with Crippen LogP contribution in [0.4, 0.5) is 0 Å². The molecule has 2 atom stereocenters. The van der Waals surface area contributed by atoms with Crippen molar-refractivity contribution < 1.29 is 14.7 Å². The molecule has 20 heavy (non-hydrogen) atoms. The minimum atomic E-state index is -1.10. The third-order valence-electron chi connectivity index (χ3n) is 3.74. The summed E-state index contributed by atoms with van der Waals surface area (Å²) in [7, 11) is 0. The zero-order chi connectivity index (χ0) is 15.1. The molecule has 0 saturated heterocycles. The summed E-state index contributed by atoms with van der Waals surface area (Å²) in [6, 6.07) is 9.58. The van der Waals surface area contributed by atoms with E-state index < -0.39 is 17.8 Å². The second kappa shape index (κ2) is 7.68. The van der Waals surface area contributed by atoms with Gasteiger partial charge in [0.1, 0.15) is 5.92 Å². The first-order valence-electron chi connectivity index (χ1n) is 7.09. The number of carbonyl (C=O) groups excluding carboxylic acids is 1. The van der Waals surface area contributed by atoms with Gasteiger partial charge in [0.15, 0.2) is 0 Å². The van der Waals surface area contributed by atoms with Gasteiger partial charge in [-0.2, -0.15) is 0 Å². The summed E-state index contributed by atoms with van der Waals surface area (Å²) in [5, 5.41) is 11.8. The Morgan fingerprint density at radius 1 is 1.15 bits per heavy atom. The molecule has 0 radical (unpaired) electrons. The van der Waals surface area contributed by atoms with Crippen molar-refractivity contribution in [3.8, 4) is 0 Å². The number of nitrogens with one attached hydrogen (secondary N) is 1. The number of aliphatic carboxylic acids is 1. The Morgan fingerprint density at radius 3 is 2.15 bits per heavy atom. The molecule has 4 nitrogen and oxygen atoms in total. The van der Waals surface area contributed by atoms with Gasteiger partial charge in [-0.3, -0.25) is 9.59 Å². The quantitative estimate of drug-likeness (QED) is 0.753. The lowest BCUT2D eigenvalue weighted by Gasteiger charge is -2.27. The van der Waals surface area contributed by atoms with E-state index in [9.17, 15) is 9.59 Å². The summed E-state index contributed by atoms with van der Waals surface area (Å²) in [4.78, 5) is 22.9. The molecule has 1 aromatic carbocycles. The second-order valence-electron chi connectivity index (χ2n) is 5.03. The molecule has 0 aliphatic rings. The molecule has 0 aliphatic carbocycles. The normalized spacial score (nSPS) is 13.8. The van der Waals surface area contributed by atoms with E-state index in [1.165, 1.54) is 6.92 Å². The van der Waals surface area contributed by atoms with Crippen molar-refractivity contribution in [2.24, 2.45) is 11.8 Å². The number of carboxylic acids is 1. The van der Waals surface area contributed by atoms with Gasteiger partial charge in [-0.1, -0.05) is 57.0 Å². The topological polar surface area (TPSA) is 66.4 Å². The molecule has 4 heteroatoms. The van der Waals surface area contributed by atoms with Crippen LogP contribution in [0.15, 0.2) is 30.3 Å². The number of carbonyl (C=O) groups is 2. The molecule has 110 valence electrons. The maximum atomic E-state index is 12.0. The predicted octanol–water partition coefficient (Wildman–Crippen LogP) is 3.00. The van der Waals surface area contributed by atoms with Gasteiger partial charge in [0.05, 0.1) is 6.04 Å². The van der Waals surface area contributed by atoms with Gasteiger partial charge in [0.2, 0.25) is 5.91 Å². The van der Waals surface area contributed by atoms with Crippen LogP contribution in [0, 0.1) is 11.8 Å². The van der Waals surface area contributed by atoms with E-state index in [0.717, 1.165) is 18.4 Å². The summed E-state index contributed by atoms with van der Waals surface area (Å²) in [6.07, 6.45) is 1.86. The molecule has 2 unspecified atom stereocenters. The van der Waals surface area contributed by atoms with E-state index in [4.69, 9.17) is 5.11 Å². The third kappa shape index (κ3) is 4.08. The lowest BCUT2D eigenvalue weighted by molar-refractivity contribution is -0.146. The lowest BCUT2D eigenvalue weighted by atomic mass is 9.88. The molecule has 0 aromatic heterocycles. The largest absolute Gasteiger partial charge is 0.481 e. The highest BCUT2D eigenvalue weighted by Crippen LogP contribution is 2.27. The monoisotopic (exact) mass is 277 g/mol. The van der Waals surface area contributed by atoms with Crippen LogP contribution in [0.2, 0.25) is 0 Å². The fourth-order valence-electron chi connectivity index (χ4n) is 2.28. The Morgan fingerprint density at radius 2 is 1.70 bits per heavy atom. The van der Waals surface area contributed by atoms with Crippen LogP contribution in [0.1, 0.15) is 45.2 Å². The van der Waals surface area contributed by atoms with E-state index >= 15 is 0 Å². The van der Waals surface area contributed by atoms with Gasteiger partial charge >= 0.3 is 5.97 Å². The second-order valence-corrected chi connectivity index (χ2v) is 5.03. The fraction of sp³-hybridized carbons (Fsp3) is 0.500.